The number of amides is 1. The third-order valence-corrected chi connectivity index (χ3v) is 5.32. The Bertz CT molecular complexity index is 1210. The van der Waals surface area contributed by atoms with Gasteiger partial charge in [-0.3, -0.25) is 9.48 Å². The van der Waals surface area contributed by atoms with Crippen molar-refractivity contribution in [1.29, 1.82) is 0 Å². The Kier molecular flexibility index (Phi) is 5.53. The fourth-order valence-corrected chi connectivity index (χ4v) is 3.56. The molecule has 0 unspecified atom stereocenters. The predicted molar refractivity (Wildman–Crippen MR) is 120 cm³/mol. The summed E-state index contributed by atoms with van der Waals surface area (Å²) in [5.41, 5.74) is 4.89. The summed E-state index contributed by atoms with van der Waals surface area (Å²) in [4.78, 5) is 12.5. The van der Waals surface area contributed by atoms with Crippen LogP contribution in [0.1, 0.15) is 22.5 Å². The third kappa shape index (κ3) is 4.20. The monoisotopic (exact) mass is 399 g/mol. The molecule has 30 heavy (non-hydrogen) atoms. The standard InChI is InChI=1S/C25H25N3O2/c1-17-8-4-5-11-22(17)15-28-19(3)25(18(2)27-28)26-24(29)16-30-23-13-12-20-9-6-7-10-21(20)14-23/h4-14H,15-16H2,1-3H3,(H,26,29). The number of ether oxygens (including phenoxy) is 1. The van der Waals surface area contributed by atoms with Crippen molar-refractivity contribution in [1.82, 2.24) is 9.78 Å². The highest BCUT2D eigenvalue weighted by Crippen LogP contribution is 2.22. The fraction of sp³-hybridized carbons (Fsp3) is 0.200. The van der Waals surface area contributed by atoms with Gasteiger partial charge < -0.3 is 10.1 Å². The molecular formula is C25H25N3O2. The van der Waals surface area contributed by atoms with Gasteiger partial charge in [0.2, 0.25) is 0 Å². The van der Waals surface area contributed by atoms with E-state index in [1.807, 2.05) is 73.1 Å². The lowest BCUT2D eigenvalue weighted by molar-refractivity contribution is -0.118. The second kappa shape index (κ2) is 8.41. The molecule has 3 aromatic carbocycles. The van der Waals surface area contributed by atoms with Gasteiger partial charge in [0.1, 0.15) is 5.75 Å². The number of fused-ring (bicyclic) bond motifs is 1. The van der Waals surface area contributed by atoms with E-state index in [1.54, 1.807) is 0 Å². The van der Waals surface area contributed by atoms with Gasteiger partial charge >= 0.3 is 0 Å². The number of hydrogen-bond donors (Lipinski definition) is 1. The highest BCUT2D eigenvalue weighted by molar-refractivity contribution is 5.93. The fourth-order valence-electron chi connectivity index (χ4n) is 3.56. The summed E-state index contributed by atoms with van der Waals surface area (Å²) in [7, 11) is 0. The minimum Gasteiger partial charge on any atom is -0.484 e. The average Bonchev–Trinajstić information content (AvgIpc) is 3.01. The Morgan fingerprint density at radius 2 is 1.70 bits per heavy atom. The first-order valence-electron chi connectivity index (χ1n) is 10.0. The van der Waals surface area contributed by atoms with Crippen molar-refractivity contribution in [2.75, 3.05) is 11.9 Å². The van der Waals surface area contributed by atoms with Gasteiger partial charge in [-0.2, -0.15) is 5.10 Å². The van der Waals surface area contributed by atoms with E-state index in [-0.39, 0.29) is 12.5 Å². The molecule has 0 aliphatic rings. The Labute approximate surface area is 176 Å². The molecule has 0 saturated heterocycles. The van der Waals surface area contributed by atoms with Crippen LogP contribution in [0.25, 0.3) is 10.8 Å². The predicted octanol–water partition coefficient (Wildman–Crippen LogP) is 5.03. The van der Waals surface area contributed by atoms with Crippen LogP contribution in [-0.2, 0) is 11.3 Å². The van der Waals surface area contributed by atoms with E-state index in [4.69, 9.17) is 4.74 Å². The molecule has 0 spiro atoms. The SMILES string of the molecule is Cc1ccccc1Cn1nc(C)c(NC(=O)COc2ccc3ccccc3c2)c1C. The number of hydrogen-bond acceptors (Lipinski definition) is 3. The van der Waals surface area contributed by atoms with Crippen LogP contribution < -0.4 is 10.1 Å². The molecule has 1 N–H and O–H groups in total. The normalized spacial score (nSPS) is 10.9. The molecule has 1 heterocycles. The smallest absolute Gasteiger partial charge is 0.262 e. The zero-order valence-electron chi connectivity index (χ0n) is 17.5. The van der Waals surface area contributed by atoms with Gasteiger partial charge in [-0.25, -0.2) is 0 Å². The van der Waals surface area contributed by atoms with Crippen molar-refractivity contribution >= 4 is 22.4 Å². The number of aromatic nitrogens is 2. The molecule has 1 aromatic heterocycles. The molecule has 0 radical (unpaired) electrons. The van der Waals surface area contributed by atoms with Gasteiger partial charge in [0, 0.05) is 0 Å². The molecule has 0 aliphatic carbocycles. The number of nitrogens with zero attached hydrogens (tertiary/aromatic N) is 2. The maximum Gasteiger partial charge on any atom is 0.262 e. The lowest BCUT2D eigenvalue weighted by Crippen LogP contribution is -2.21. The van der Waals surface area contributed by atoms with Crippen molar-refractivity contribution in [3.8, 4) is 5.75 Å². The van der Waals surface area contributed by atoms with E-state index >= 15 is 0 Å². The molecule has 5 nitrogen and oxygen atoms in total. The van der Waals surface area contributed by atoms with Crippen molar-refractivity contribution in [3.05, 3.63) is 89.2 Å². The van der Waals surface area contributed by atoms with Crippen LogP contribution in [0.3, 0.4) is 0 Å². The van der Waals surface area contributed by atoms with E-state index in [9.17, 15) is 4.79 Å². The van der Waals surface area contributed by atoms with Gasteiger partial charge in [0.05, 0.1) is 23.6 Å². The maximum absolute atomic E-state index is 12.5. The topological polar surface area (TPSA) is 56.2 Å². The summed E-state index contributed by atoms with van der Waals surface area (Å²) in [6.45, 7) is 6.58. The lowest BCUT2D eigenvalue weighted by Gasteiger charge is -2.10. The Balaban J connectivity index is 1.42. The van der Waals surface area contributed by atoms with Gasteiger partial charge in [0.25, 0.3) is 5.91 Å². The van der Waals surface area contributed by atoms with E-state index in [0.717, 1.165) is 27.8 Å². The molecule has 0 saturated carbocycles. The Hall–Kier alpha value is -3.60. The first-order valence-corrected chi connectivity index (χ1v) is 10.0. The molecule has 0 fully saturated rings. The number of anilines is 1. The second-order valence-corrected chi connectivity index (χ2v) is 7.48. The number of aryl methyl sites for hydroxylation is 2. The maximum atomic E-state index is 12.5. The van der Waals surface area contributed by atoms with E-state index in [0.29, 0.717) is 12.3 Å². The molecule has 5 heteroatoms. The number of nitrogens with one attached hydrogen (secondary N) is 1. The molecule has 4 rings (SSSR count). The molecule has 0 aliphatic heterocycles. The largest absolute Gasteiger partial charge is 0.484 e. The summed E-state index contributed by atoms with van der Waals surface area (Å²) in [6.07, 6.45) is 0. The first kappa shape index (κ1) is 19.7. The van der Waals surface area contributed by atoms with Crippen molar-refractivity contribution in [3.63, 3.8) is 0 Å². The second-order valence-electron chi connectivity index (χ2n) is 7.48. The van der Waals surface area contributed by atoms with Crippen molar-refractivity contribution in [2.45, 2.75) is 27.3 Å². The van der Waals surface area contributed by atoms with Crippen LogP contribution in [0.2, 0.25) is 0 Å². The van der Waals surface area contributed by atoms with Gasteiger partial charge in [-0.05, 0) is 54.8 Å². The molecule has 0 atom stereocenters. The van der Waals surface area contributed by atoms with E-state index in [2.05, 4.69) is 29.5 Å². The lowest BCUT2D eigenvalue weighted by atomic mass is 10.1. The number of carbonyl (C=O) groups excluding carboxylic acids is 1. The number of rotatable bonds is 6. The summed E-state index contributed by atoms with van der Waals surface area (Å²) in [5, 5.41) is 9.80. The van der Waals surface area contributed by atoms with E-state index in [1.165, 1.54) is 11.1 Å². The number of carbonyl (C=O) groups is 1. The minimum absolute atomic E-state index is 0.0554. The first-order chi connectivity index (χ1) is 14.5. The van der Waals surface area contributed by atoms with Crippen LogP contribution >= 0.6 is 0 Å². The molecular weight excluding hydrogens is 374 g/mol. The van der Waals surface area contributed by atoms with Crippen LogP contribution in [-0.4, -0.2) is 22.3 Å². The van der Waals surface area contributed by atoms with Gasteiger partial charge in [0.15, 0.2) is 6.61 Å². The van der Waals surface area contributed by atoms with Crippen LogP contribution in [0.15, 0.2) is 66.7 Å². The molecule has 1 amide bonds. The van der Waals surface area contributed by atoms with Crippen molar-refractivity contribution in [2.24, 2.45) is 0 Å². The highest BCUT2D eigenvalue weighted by Gasteiger charge is 2.15. The minimum atomic E-state index is -0.204. The highest BCUT2D eigenvalue weighted by atomic mass is 16.5. The zero-order chi connectivity index (χ0) is 21.1. The third-order valence-electron chi connectivity index (χ3n) is 5.32. The summed E-state index contributed by atoms with van der Waals surface area (Å²) in [5.74, 6) is 0.470. The number of benzene rings is 3. The Morgan fingerprint density at radius 3 is 2.50 bits per heavy atom. The van der Waals surface area contributed by atoms with Crippen molar-refractivity contribution < 1.29 is 9.53 Å². The van der Waals surface area contributed by atoms with Crippen LogP contribution in [0.4, 0.5) is 5.69 Å². The van der Waals surface area contributed by atoms with E-state index < -0.39 is 0 Å². The molecule has 152 valence electrons. The quantitative estimate of drug-likeness (QED) is 0.495. The molecule has 0 bridgehead atoms. The van der Waals surface area contributed by atoms with Crippen LogP contribution in [0.5, 0.6) is 5.75 Å². The van der Waals surface area contributed by atoms with Gasteiger partial charge in [-0.15, -0.1) is 0 Å². The summed E-state index contributed by atoms with van der Waals surface area (Å²) < 4.78 is 7.63. The Morgan fingerprint density at radius 1 is 0.967 bits per heavy atom. The van der Waals surface area contributed by atoms with Gasteiger partial charge in [-0.1, -0.05) is 54.6 Å². The molecule has 4 aromatic rings. The average molecular weight is 399 g/mol. The zero-order valence-corrected chi connectivity index (χ0v) is 17.5. The van der Waals surface area contributed by atoms with Crippen LogP contribution in [0, 0.1) is 20.8 Å². The summed E-state index contributed by atoms with van der Waals surface area (Å²) in [6, 6.07) is 22.1. The summed E-state index contributed by atoms with van der Waals surface area (Å²) >= 11 is 0.